The van der Waals surface area contributed by atoms with Crippen molar-refractivity contribution in [1.82, 2.24) is 5.32 Å². The van der Waals surface area contributed by atoms with Crippen LogP contribution in [0.15, 0.2) is 66.7 Å². The average Bonchev–Trinajstić information content (AvgIpc) is 3.03. The van der Waals surface area contributed by atoms with Crippen LogP contribution in [0.2, 0.25) is 0 Å². The molecule has 12 heteroatoms. The summed E-state index contributed by atoms with van der Waals surface area (Å²) in [6.45, 7) is 1.65. The molecule has 232 valence electrons. The van der Waals surface area contributed by atoms with Crippen molar-refractivity contribution in [3.05, 3.63) is 72.3 Å². The summed E-state index contributed by atoms with van der Waals surface area (Å²) >= 11 is 0. The van der Waals surface area contributed by atoms with Crippen molar-refractivity contribution in [3.8, 4) is 23.0 Å². The Hall–Kier alpha value is -4.81. The lowest BCUT2D eigenvalue weighted by Crippen LogP contribution is -2.57. The fourth-order valence-electron chi connectivity index (χ4n) is 5.05. The van der Waals surface area contributed by atoms with Gasteiger partial charge in [-0.2, -0.15) is 0 Å². The average molecular weight is 606 g/mol. The number of para-hydroxylation sites is 1. The Balaban J connectivity index is 1.14. The molecular formula is C32H35N3O9. The number of fused-ring (bicyclic) bond motifs is 1. The van der Waals surface area contributed by atoms with Crippen LogP contribution in [0.5, 0.6) is 23.0 Å². The van der Waals surface area contributed by atoms with Gasteiger partial charge in [-0.25, -0.2) is 0 Å². The van der Waals surface area contributed by atoms with Crippen LogP contribution >= 0.6 is 0 Å². The summed E-state index contributed by atoms with van der Waals surface area (Å²) in [6.07, 6.45) is 0.712. The molecule has 5 rings (SSSR count). The molecule has 0 aliphatic carbocycles. The quantitative estimate of drug-likeness (QED) is 0.264. The summed E-state index contributed by atoms with van der Waals surface area (Å²) in [7, 11) is 1.64. The number of rotatable bonds is 14. The maximum Gasteiger partial charge on any atom is 0.323 e. The minimum atomic E-state index is -1.13. The third-order valence-electron chi connectivity index (χ3n) is 7.17. The lowest BCUT2D eigenvalue weighted by molar-refractivity contribution is -0.137. The fraction of sp³-hybridized carbons (Fsp3) is 0.344. The molecule has 0 aromatic heterocycles. The minimum absolute atomic E-state index is 0.0946. The molecular weight excluding hydrogens is 570 g/mol. The maximum absolute atomic E-state index is 12.9. The Morgan fingerprint density at radius 3 is 2.59 bits per heavy atom. The first-order chi connectivity index (χ1) is 21.4. The van der Waals surface area contributed by atoms with Crippen molar-refractivity contribution in [2.75, 3.05) is 63.0 Å². The van der Waals surface area contributed by atoms with E-state index >= 15 is 0 Å². The third-order valence-corrected chi connectivity index (χ3v) is 7.17. The van der Waals surface area contributed by atoms with Crippen LogP contribution in [0.3, 0.4) is 0 Å². The van der Waals surface area contributed by atoms with Gasteiger partial charge in [0.25, 0.3) is 5.91 Å². The number of hydrogen-bond acceptors (Lipinski definition) is 9. The first-order valence-electron chi connectivity index (χ1n) is 14.3. The van der Waals surface area contributed by atoms with E-state index in [2.05, 4.69) is 5.32 Å². The predicted octanol–water partition coefficient (Wildman–Crippen LogP) is 2.87. The van der Waals surface area contributed by atoms with E-state index in [1.807, 2.05) is 48.5 Å². The van der Waals surface area contributed by atoms with E-state index in [4.69, 9.17) is 23.7 Å². The third kappa shape index (κ3) is 7.57. The number of benzene rings is 3. The zero-order valence-electron chi connectivity index (χ0n) is 24.4. The number of piperazine rings is 1. The SMILES string of the molecule is COc1ccccc1COCCCOc1ccc(N2C(=O)CNC[C@@H]2COc2ccc3c(c2)N(CC(=O)O)C(=O)CO3)cc1. The number of carboxylic acid groups (broad SMARTS) is 1. The summed E-state index contributed by atoms with van der Waals surface area (Å²) in [5.74, 6) is 0.633. The highest BCUT2D eigenvalue weighted by Gasteiger charge is 2.31. The van der Waals surface area contributed by atoms with Crippen LogP contribution in [0.1, 0.15) is 12.0 Å². The molecule has 1 saturated heterocycles. The van der Waals surface area contributed by atoms with Crippen molar-refractivity contribution >= 4 is 29.2 Å². The van der Waals surface area contributed by atoms with Gasteiger partial charge in [0.15, 0.2) is 6.61 Å². The molecule has 0 spiro atoms. The van der Waals surface area contributed by atoms with Crippen molar-refractivity contribution in [3.63, 3.8) is 0 Å². The Bertz CT molecular complexity index is 1460. The number of amides is 2. The molecule has 0 unspecified atom stereocenters. The Morgan fingerprint density at radius 2 is 1.80 bits per heavy atom. The van der Waals surface area contributed by atoms with Gasteiger partial charge in [-0.05, 0) is 42.5 Å². The van der Waals surface area contributed by atoms with Gasteiger partial charge in [-0.15, -0.1) is 0 Å². The van der Waals surface area contributed by atoms with E-state index in [9.17, 15) is 19.5 Å². The van der Waals surface area contributed by atoms with Crippen molar-refractivity contribution < 1.29 is 43.2 Å². The van der Waals surface area contributed by atoms with Crippen LogP contribution in [-0.2, 0) is 25.7 Å². The first-order valence-corrected chi connectivity index (χ1v) is 14.3. The van der Waals surface area contributed by atoms with E-state index in [0.717, 1.165) is 21.9 Å². The van der Waals surface area contributed by atoms with Crippen molar-refractivity contribution in [2.24, 2.45) is 0 Å². The first kappa shape index (κ1) is 30.6. The molecule has 2 amide bonds. The number of anilines is 2. The number of carboxylic acids is 1. The molecule has 12 nitrogen and oxygen atoms in total. The molecule has 0 saturated carbocycles. The van der Waals surface area contributed by atoms with Gasteiger partial charge in [0, 0.05) is 30.3 Å². The second-order valence-corrected chi connectivity index (χ2v) is 10.2. The van der Waals surface area contributed by atoms with Crippen LogP contribution in [0.4, 0.5) is 11.4 Å². The molecule has 2 aliphatic heterocycles. The molecule has 1 atom stereocenters. The summed E-state index contributed by atoms with van der Waals surface area (Å²) in [5, 5.41) is 12.4. The Labute approximate surface area is 255 Å². The summed E-state index contributed by atoms with van der Waals surface area (Å²) in [6, 6.07) is 19.7. The number of methoxy groups -OCH3 is 1. The van der Waals surface area contributed by atoms with Crippen LogP contribution in [-0.4, -0.2) is 82.1 Å². The second-order valence-electron chi connectivity index (χ2n) is 10.2. The van der Waals surface area contributed by atoms with Gasteiger partial charge in [0.2, 0.25) is 5.91 Å². The van der Waals surface area contributed by atoms with E-state index in [1.165, 1.54) is 0 Å². The molecule has 2 N–H and O–H groups in total. The number of carbonyl (C=O) groups excluding carboxylic acids is 2. The molecule has 3 aromatic rings. The number of aliphatic carboxylic acids is 1. The molecule has 2 aliphatic rings. The molecule has 44 heavy (non-hydrogen) atoms. The van der Waals surface area contributed by atoms with Gasteiger partial charge < -0.3 is 39.0 Å². The second kappa shape index (κ2) is 14.6. The zero-order valence-corrected chi connectivity index (χ0v) is 24.4. The smallest absolute Gasteiger partial charge is 0.323 e. The monoisotopic (exact) mass is 605 g/mol. The van der Waals surface area contributed by atoms with Crippen molar-refractivity contribution in [2.45, 2.75) is 19.1 Å². The largest absolute Gasteiger partial charge is 0.496 e. The van der Waals surface area contributed by atoms with Crippen LogP contribution in [0, 0.1) is 0 Å². The van der Waals surface area contributed by atoms with Gasteiger partial charge in [0.1, 0.15) is 36.1 Å². The van der Waals surface area contributed by atoms with E-state index in [1.54, 1.807) is 30.2 Å². The van der Waals surface area contributed by atoms with Gasteiger partial charge in [0.05, 0.1) is 45.2 Å². The van der Waals surface area contributed by atoms with Gasteiger partial charge in [-0.1, -0.05) is 18.2 Å². The Morgan fingerprint density at radius 1 is 1.00 bits per heavy atom. The Kier molecular flexibility index (Phi) is 10.2. The van der Waals surface area contributed by atoms with Gasteiger partial charge in [-0.3, -0.25) is 19.3 Å². The number of nitrogens with one attached hydrogen (secondary N) is 1. The lowest BCUT2D eigenvalue weighted by atomic mass is 10.1. The maximum atomic E-state index is 12.9. The highest BCUT2D eigenvalue weighted by molar-refractivity contribution is 6.01. The number of carbonyl (C=O) groups is 3. The van der Waals surface area contributed by atoms with E-state index in [-0.39, 0.29) is 31.7 Å². The lowest BCUT2D eigenvalue weighted by Gasteiger charge is -2.36. The molecule has 2 heterocycles. The van der Waals surface area contributed by atoms with Gasteiger partial charge >= 0.3 is 5.97 Å². The highest BCUT2D eigenvalue weighted by atomic mass is 16.5. The minimum Gasteiger partial charge on any atom is -0.496 e. The van der Waals surface area contributed by atoms with E-state index < -0.39 is 18.4 Å². The number of nitrogens with zero attached hydrogens (tertiary/aromatic N) is 2. The number of hydrogen-bond donors (Lipinski definition) is 2. The standard InChI is InChI=1S/C32H35N3O9/c1-40-28-6-3-2-5-22(28)19-41-13-4-14-42-25-9-7-23(8-10-25)35-24(16-33-17-30(35)36)20-43-26-11-12-29-27(15-26)34(18-32(38)39)31(37)21-44-29/h2-3,5-12,15,24,33H,4,13-14,16-21H2,1H3,(H,38,39)/t24-/m1/s1. The van der Waals surface area contributed by atoms with E-state index in [0.29, 0.717) is 55.7 Å². The number of ether oxygens (including phenoxy) is 5. The zero-order chi connectivity index (χ0) is 30.9. The summed E-state index contributed by atoms with van der Waals surface area (Å²) in [5.41, 5.74) is 2.04. The highest BCUT2D eigenvalue weighted by Crippen LogP contribution is 2.35. The normalized spacial score (nSPS) is 16.2. The fourth-order valence-corrected chi connectivity index (χ4v) is 5.05. The predicted molar refractivity (Wildman–Crippen MR) is 161 cm³/mol. The molecule has 0 radical (unpaired) electrons. The van der Waals surface area contributed by atoms with Crippen LogP contribution < -0.4 is 34.1 Å². The molecule has 1 fully saturated rings. The molecule has 3 aromatic carbocycles. The summed E-state index contributed by atoms with van der Waals surface area (Å²) < 4.78 is 28.4. The summed E-state index contributed by atoms with van der Waals surface area (Å²) in [4.78, 5) is 39.3. The topological polar surface area (TPSA) is 136 Å². The van der Waals surface area contributed by atoms with Crippen LogP contribution in [0.25, 0.3) is 0 Å². The van der Waals surface area contributed by atoms with Crippen molar-refractivity contribution in [1.29, 1.82) is 0 Å². The molecule has 0 bridgehead atoms.